The molecule has 56 valence electrons. The Morgan fingerprint density at radius 1 is 1.55 bits per heavy atom. The second-order valence-corrected chi connectivity index (χ2v) is 4.10. The van der Waals surface area contributed by atoms with Crippen LogP contribution in [0.3, 0.4) is 0 Å². The summed E-state index contributed by atoms with van der Waals surface area (Å²) in [5.74, 6) is 0. The van der Waals surface area contributed by atoms with Crippen LogP contribution in [0.2, 0.25) is 0 Å². The van der Waals surface area contributed by atoms with Gasteiger partial charge >= 0.3 is 0 Å². The van der Waals surface area contributed by atoms with E-state index in [2.05, 4.69) is 44.6 Å². The maximum absolute atomic E-state index is 8.75. The van der Waals surface area contributed by atoms with Gasteiger partial charge in [-0.15, -0.1) is 0 Å². The van der Waals surface area contributed by atoms with E-state index in [0.29, 0.717) is 0 Å². The molecule has 1 aromatic rings. The minimum atomic E-state index is 0.764. The molecule has 0 aliphatic carbocycles. The highest BCUT2D eigenvalue weighted by molar-refractivity contribution is 14.1. The third-order valence-electron chi connectivity index (χ3n) is 1.41. The maximum atomic E-state index is 8.75. The van der Waals surface area contributed by atoms with Crippen LogP contribution in [0.4, 0.5) is 0 Å². The second kappa shape index (κ2) is 3.55. The number of benzene rings is 1. The molecule has 1 aromatic carbocycles. The van der Waals surface area contributed by atoms with Crippen LogP contribution in [-0.4, -0.2) is 0 Å². The Morgan fingerprint density at radius 2 is 2.18 bits per heavy atom. The molecular formula is C8H5BrIN. The van der Waals surface area contributed by atoms with Crippen molar-refractivity contribution in [3.63, 3.8) is 0 Å². The van der Waals surface area contributed by atoms with E-state index in [4.69, 9.17) is 5.26 Å². The van der Waals surface area contributed by atoms with Crippen molar-refractivity contribution >= 4 is 38.5 Å². The Labute approximate surface area is 87.7 Å². The molecule has 0 saturated heterocycles. The van der Waals surface area contributed by atoms with Gasteiger partial charge in [-0.05, 0) is 57.1 Å². The summed E-state index contributed by atoms with van der Waals surface area (Å²) < 4.78 is 1.98. The lowest BCUT2D eigenvalue weighted by Gasteiger charge is -2.00. The van der Waals surface area contributed by atoms with Crippen molar-refractivity contribution in [2.24, 2.45) is 0 Å². The first-order valence-corrected chi connectivity index (χ1v) is 4.88. The number of hydrogen-bond donors (Lipinski definition) is 0. The summed E-state index contributed by atoms with van der Waals surface area (Å²) in [6, 6.07) is 6.06. The normalized spacial score (nSPS) is 9.27. The van der Waals surface area contributed by atoms with Gasteiger partial charge in [-0.1, -0.05) is 6.07 Å². The van der Waals surface area contributed by atoms with Crippen molar-refractivity contribution in [1.82, 2.24) is 0 Å². The van der Waals surface area contributed by atoms with Crippen LogP contribution in [0.15, 0.2) is 16.6 Å². The maximum Gasteiger partial charge on any atom is 0.101 e. The van der Waals surface area contributed by atoms with Crippen LogP contribution in [0.5, 0.6) is 0 Å². The quantitative estimate of drug-likeness (QED) is 0.673. The van der Waals surface area contributed by atoms with E-state index in [-0.39, 0.29) is 0 Å². The molecule has 1 nitrogen and oxygen atoms in total. The highest BCUT2D eigenvalue weighted by atomic mass is 127. The number of nitriles is 1. The van der Waals surface area contributed by atoms with Gasteiger partial charge < -0.3 is 0 Å². The highest BCUT2D eigenvalue weighted by Crippen LogP contribution is 2.24. The Balaban J connectivity index is 3.44. The zero-order chi connectivity index (χ0) is 8.43. The SMILES string of the molecule is Cc1ccc(Br)c(I)c1C#N. The molecular weight excluding hydrogens is 317 g/mol. The van der Waals surface area contributed by atoms with Gasteiger partial charge in [-0.2, -0.15) is 5.26 Å². The van der Waals surface area contributed by atoms with Crippen LogP contribution in [0, 0.1) is 21.8 Å². The van der Waals surface area contributed by atoms with Crippen LogP contribution in [0.1, 0.15) is 11.1 Å². The van der Waals surface area contributed by atoms with Gasteiger partial charge in [0.25, 0.3) is 0 Å². The molecule has 11 heavy (non-hydrogen) atoms. The van der Waals surface area contributed by atoms with Gasteiger partial charge in [-0.3, -0.25) is 0 Å². The highest BCUT2D eigenvalue weighted by Gasteiger charge is 2.04. The molecule has 3 heteroatoms. The lowest BCUT2D eigenvalue weighted by Crippen LogP contribution is -1.87. The summed E-state index contributed by atoms with van der Waals surface area (Å²) in [4.78, 5) is 0. The van der Waals surface area contributed by atoms with Gasteiger partial charge in [0, 0.05) is 8.04 Å². The average Bonchev–Trinajstić information content (AvgIpc) is 1.99. The largest absolute Gasteiger partial charge is 0.192 e. The molecule has 0 spiro atoms. The van der Waals surface area contributed by atoms with Crippen molar-refractivity contribution < 1.29 is 0 Å². The zero-order valence-corrected chi connectivity index (χ0v) is 9.60. The molecule has 0 aliphatic rings. The fourth-order valence-corrected chi connectivity index (χ4v) is 1.84. The molecule has 0 bridgehead atoms. The summed E-state index contributed by atoms with van der Waals surface area (Å²) in [6.45, 7) is 1.94. The van der Waals surface area contributed by atoms with E-state index in [1.54, 1.807) is 0 Å². The van der Waals surface area contributed by atoms with E-state index in [1.807, 2.05) is 19.1 Å². The van der Waals surface area contributed by atoms with Gasteiger partial charge in [-0.25, -0.2) is 0 Å². The lowest BCUT2D eigenvalue weighted by molar-refractivity contribution is 1.36. The molecule has 0 aliphatic heterocycles. The molecule has 0 aromatic heterocycles. The number of hydrogen-bond acceptors (Lipinski definition) is 1. The number of nitrogens with zero attached hydrogens (tertiary/aromatic N) is 1. The minimum Gasteiger partial charge on any atom is -0.192 e. The second-order valence-electron chi connectivity index (χ2n) is 2.17. The first-order valence-electron chi connectivity index (χ1n) is 3.01. The number of rotatable bonds is 0. The molecule has 0 radical (unpaired) electrons. The molecule has 0 heterocycles. The lowest BCUT2D eigenvalue weighted by atomic mass is 10.1. The fraction of sp³-hybridized carbons (Fsp3) is 0.125. The van der Waals surface area contributed by atoms with E-state index in [9.17, 15) is 0 Å². The van der Waals surface area contributed by atoms with Crippen molar-refractivity contribution in [3.05, 3.63) is 31.3 Å². The first-order chi connectivity index (χ1) is 5.16. The van der Waals surface area contributed by atoms with E-state index >= 15 is 0 Å². The molecule has 1 rings (SSSR count). The molecule has 0 atom stereocenters. The Kier molecular flexibility index (Phi) is 2.90. The van der Waals surface area contributed by atoms with Gasteiger partial charge in [0.1, 0.15) is 6.07 Å². The van der Waals surface area contributed by atoms with E-state index < -0.39 is 0 Å². The topological polar surface area (TPSA) is 23.8 Å². The Bertz CT molecular complexity index is 328. The summed E-state index contributed by atoms with van der Waals surface area (Å²) in [6.07, 6.45) is 0. The van der Waals surface area contributed by atoms with Crippen LogP contribution in [0.25, 0.3) is 0 Å². The van der Waals surface area contributed by atoms with Crippen LogP contribution >= 0.6 is 38.5 Å². The van der Waals surface area contributed by atoms with E-state index in [1.165, 1.54) is 0 Å². The standard InChI is InChI=1S/C8H5BrIN/c1-5-2-3-7(9)8(10)6(5)4-11/h2-3H,1H3. The Hall–Kier alpha value is -0.0800. The van der Waals surface area contributed by atoms with Gasteiger partial charge in [0.15, 0.2) is 0 Å². The third-order valence-corrected chi connectivity index (χ3v) is 3.94. The monoisotopic (exact) mass is 321 g/mol. The average molecular weight is 322 g/mol. The van der Waals surface area contributed by atoms with Gasteiger partial charge in [0.2, 0.25) is 0 Å². The minimum absolute atomic E-state index is 0.764. The predicted molar refractivity (Wildman–Crippen MR) is 56.3 cm³/mol. The van der Waals surface area contributed by atoms with Crippen molar-refractivity contribution in [1.29, 1.82) is 5.26 Å². The van der Waals surface area contributed by atoms with E-state index in [0.717, 1.165) is 19.2 Å². The number of halogens is 2. The first kappa shape index (κ1) is 9.01. The predicted octanol–water partition coefficient (Wildman–Crippen LogP) is 3.23. The summed E-state index contributed by atoms with van der Waals surface area (Å²) in [5.41, 5.74) is 1.79. The van der Waals surface area contributed by atoms with Crippen molar-refractivity contribution in [3.8, 4) is 6.07 Å². The van der Waals surface area contributed by atoms with Crippen molar-refractivity contribution in [2.75, 3.05) is 0 Å². The van der Waals surface area contributed by atoms with Crippen molar-refractivity contribution in [2.45, 2.75) is 6.92 Å². The molecule has 0 amide bonds. The molecule has 0 N–H and O–H groups in total. The fourth-order valence-electron chi connectivity index (χ4n) is 0.784. The molecule has 0 fully saturated rings. The van der Waals surface area contributed by atoms with Gasteiger partial charge in [0.05, 0.1) is 5.56 Å². The summed E-state index contributed by atoms with van der Waals surface area (Å²) in [7, 11) is 0. The third kappa shape index (κ3) is 1.74. The summed E-state index contributed by atoms with van der Waals surface area (Å²) in [5, 5.41) is 8.75. The van der Waals surface area contributed by atoms with Crippen LogP contribution < -0.4 is 0 Å². The summed E-state index contributed by atoms with van der Waals surface area (Å²) >= 11 is 5.52. The smallest absolute Gasteiger partial charge is 0.101 e. The molecule has 0 saturated carbocycles. The zero-order valence-electron chi connectivity index (χ0n) is 5.86. The van der Waals surface area contributed by atoms with Crippen LogP contribution in [-0.2, 0) is 0 Å². The Morgan fingerprint density at radius 3 is 2.64 bits per heavy atom. The number of aryl methyl sites for hydroxylation is 1. The molecule has 0 unspecified atom stereocenters.